The minimum absolute atomic E-state index is 0.0714. The number of carbonyl (C=O) groups excluding carboxylic acids is 2. The number of nitrogens with zero attached hydrogens (tertiary/aromatic N) is 1. The highest BCUT2D eigenvalue weighted by atomic mass is 16.2. The summed E-state index contributed by atoms with van der Waals surface area (Å²) in [7, 11) is 0. The topological polar surface area (TPSA) is 49.4 Å². The summed E-state index contributed by atoms with van der Waals surface area (Å²) >= 11 is 0. The number of piperazine rings is 1. The van der Waals surface area contributed by atoms with Gasteiger partial charge in [-0.1, -0.05) is 26.2 Å². The molecule has 4 heteroatoms. The van der Waals surface area contributed by atoms with Crippen molar-refractivity contribution in [2.24, 2.45) is 0 Å². The predicted octanol–water partition coefficient (Wildman–Crippen LogP) is 2.37. The van der Waals surface area contributed by atoms with E-state index in [-0.39, 0.29) is 23.4 Å². The van der Waals surface area contributed by atoms with E-state index in [0.717, 1.165) is 38.5 Å². The van der Waals surface area contributed by atoms with Gasteiger partial charge in [-0.15, -0.1) is 0 Å². The third-order valence-corrected chi connectivity index (χ3v) is 5.71. The summed E-state index contributed by atoms with van der Waals surface area (Å²) in [5.41, 5.74) is -0.667. The van der Waals surface area contributed by atoms with E-state index >= 15 is 0 Å². The molecule has 2 amide bonds. The lowest BCUT2D eigenvalue weighted by molar-refractivity contribution is -0.168. The Kier molecular flexibility index (Phi) is 3.30. The Morgan fingerprint density at radius 1 is 1.10 bits per heavy atom. The van der Waals surface area contributed by atoms with Crippen LogP contribution in [-0.4, -0.2) is 33.8 Å². The number of carbonyl (C=O) groups is 2. The van der Waals surface area contributed by atoms with E-state index in [0.29, 0.717) is 6.42 Å². The molecule has 0 radical (unpaired) electrons. The van der Waals surface area contributed by atoms with Crippen LogP contribution in [0, 0.1) is 0 Å². The predicted molar refractivity (Wildman–Crippen MR) is 77.1 cm³/mol. The molecule has 4 nitrogen and oxygen atoms in total. The van der Waals surface area contributed by atoms with Crippen molar-refractivity contribution in [3.8, 4) is 0 Å². The average molecular weight is 278 g/mol. The molecule has 1 saturated heterocycles. The standard InChI is InChI=1S/C16H26N2O2/c1-3-12-13(19)17-16(10-5-4-6-11-16)14(20)18(12)15(2)8-7-9-15/h12H,3-11H2,1-2H3,(H,17,19). The first-order chi connectivity index (χ1) is 9.52. The van der Waals surface area contributed by atoms with Gasteiger partial charge in [0, 0.05) is 5.54 Å². The summed E-state index contributed by atoms with van der Waals surface area (Å²) in [6.45, 7) is 4.16. The Morgan fingerprint density at radius 3 is 2.25 bits per heavy atom. The van der Waals surface area contributed by atoms with Crippen LogP contribution < -0.4 is 5.32 Å². The first-order valence-electron chi connectivity index (χ1n) is 8.18. The Morgan fingerprint density at radius 2 is 1.75 bits per heavy atom. The summed E-state index contributed by atoms with van der Waals surface area (Å²) < 4.78 is 0. The van der Waals surface area contributed by atoms with Gasteiger partial charge in [0.15, 0.2) is 0 Å². The van der Waals surface area contributed by atoms with Gasteiger partial charge in [0.05, 0.1) is 0 Å². The molecule has 0 aromatic heterocycles. The number of hydrogen-bond donors (Lipinski definition) is 1. The zero-order valence-corrected chi connectivity index (χ0v) is 12.7. The zero-order valence-electron chi connectivity index (χ0n) is 12.7. The monoisotopic (exact) mass is 278 g/mol. The summed E-state index contributed by atoms with van der Waals surface area (Å²) in [5, 5.41) is 3.10. The third-order valence-electron chi connectivity index (χ3n) is 5.71. The molecule has 1 N–H and O–H groups in total. The normalized spacial score (nSPS) is 31.9. The molecule has 2 aliphatic carbocycles. The van der Waals surface area contributed by atoms with E-state index in [1.165, 1.54) is 12.8 Å². The minimum atomic E-state index is -0.584. The highest BCUT2D eigenvalue weighted by molar-refractivity contribution is 6.00. The van der Waals surface area contributed by atoms with Crippen molar-refractivity contribution in [3.63, 3.8) is 0 Å². The first-order valence-corrected chi connectivity index (χ1v) is 8.18. The smallest absolute Gasteiger partial charge is 0.249 e. The van der Waals surface area contributed by atoms with Crippen molar-refractivity contribution < 1.29 is 9.59 Å². The first kappa shape index (κ1) is 13.9. The maximum Gasteiger partial charge on any atom is 0.249 e. The molecular weight excluding hydrogens is 252 g/mol. The molecule has 0 aromatic carbocycles. The number of rotatable bonds is 2. The van der Waals surface area contributed by atoms with Crippen LogP contribution in [0.3, 0.4) is 0 Å². The molecule has 3 aliphatic rings. The third kappa shape index (κ3) is 1.87. The van der Waals surface area contributed by atoms with Gasteiger partial charge in [0.25, 0.3) is 0 Å². The van der Waals surface area contributed by atoms with Gasteiger partial charge >= 0.3 is 0 Å². The molecular formula is C16H26N2O2. The minimum Gasteiger partial charge on any atom is -0.340 e. The van der Waals surface area contributed by atoms with E-state index in [2.05, 4.69) is 12.2 Å². The average Bonchev–Trinajstić information content (AvgIpc) is 2.41. The van der Waals surface area contributed by atoms with Crippen molar-refractivity contribution >= 4 is 11.8 Å². The Labute approximate surface area is 121 Å². The molecule has 20 heavy (non-hydrogen) atoms. The van der Waals surface area contributed by atoms with Crippen molar-refractivity contribution in [1.82, 2.24) is 10.2 Å². The lowest BCUT2D eigenvalue weighted by atomic mass is 9.71. The molecule has 1 heterocycles. The maximum atomic E-state index is 13.2. The Bertz CT molecular complexity index is 422. The van der Waals surface area contributed by atoms with Crippen LogP contribution in [0.2, 0.25) is 0 Å². The van der Waals surface area contributed by atoms with Gasteiger partial charge in [0.1, 0.15) is 11.6 Å². The molecule has 1 aliphatic heterocycles. The highest BCUT2D eigenvalue weighted by Gasteiger charge is 2.56. The molecule has 1 spiro atoms. The molecule has 3 fully saturated rings. The molecule has 0 bridgehead atoms. The summed E-state index contributed by atoms with van der Waals surface area (Å²) in [6, 6.07) is -0.264. The zero-order chi connectivity index (χ0) is 14.4. The Balaban J connectivity index is 1.95. The van der Waals surface area contributed by atoms with E-state index in [1.807, 2.05) is 11.8 Å². The van der Waals surface area contributed by atoms with Crippen molar-refractivity contribution in [1.29, 1.82) is 0 Å². The SMILES string of the molecule is CCC1C(=O)NC2(CCCCC2)C(=O)N1C1(C)CCC1. The van der Waals surface area contributed by atoms with Crippen LogP contribution in [0.15, 0.2) is 0 Å². The van der Waals surface area contributed by atoms with Gasteiger partial charge < -0.3 is 10.2 Å². The fraction of sp³-hybridized carbons (Fsp3) is 0.875. The highest BCUT2D eigenvalue weighted by Crippen LogP contribution is 2.44. The van der Waals surface area contributed by atoms with Crippen LogP contribution in [0.5, 0.6) is 0 Å². The van der Waals surface area contributed by atoms with Gasteiger partial charge in [-0.05, 0) is 45.4 Å². The van der Waals surface area contributed by atoms with Crippen molar-refractivity contribution in [3.05, 3.63) is 0 Å². The van der Waals surface area contributed by atoms with Crippen LogP contribution in [0.25, 0.3) is 0 Å². The lowest BCUT2D eigenvalue weighted by Crippen LogP contribution is -2.75. The summed E-state index contributed by atoms with van der Waals surface area (Å²) in [5.74, 6) is 0.271. The molecule has 3 rings (SSSR count). The number of hydrogen-bond acceptors (Lipinski definition) is 2. The van der Waals surface area contributed by atoms with Gasteiger partial charge in [-0.25, -0.2) is 0 Å². The second-order valence-corrected chi connectivity index (χ2v) is 7.08. The fourth-order valence-electron chi connectivity index (χ4n) is 4.27. The molecule has 1 unspecified atom stereocenters. The van der Waals surface area contributed by atoms with Gasteiger partial charge in [-0.2, -0.15) is 0 Å². The van der Waals surface area contributed by atoms with E-state index in [9.17, 15) is 9.59 Å². The van der Waals surface area contributed by atoms with E-state index in [4.69, 9.17) is 0 Å². The van der Waals surface area contributed by atoms with Crippen LogP contribution in [0.1, 0.15) is 71.6 Å². The Hall–Kier alpha value is -1.06. The summed E-state index contributed by atoms with van der Waals surface area (Å²) in [6.07, 6.45) is 8.88. The van der Waals surface area contributed by atoms with E-state index in [1.54, 1.807) is 0 Å². The quantitative estimate of drug-likeness (QED) is 0.843. The summed E-state index contributed by atoms with van der Waals surface area (Å²) in [4.78, 5) is 27.7. The second kappa shape index (κ2) is 4.74. The molecule has 2 saturated carbocycles. The number of nitrogens with one attached hydrogen (secondary N) is 1. The van der Waals surface area contributed by atoms with Crippen LogP contribution in [0.4, 0.5) is 0 Å². The maximum absolute atomic E-state index is 13.2. The van der Waals surface area contributed by atoms with Crippen LogP contribution in [-0.2, 0) is 9.59 Å². The second-order valence-electron chi connectivity index (χ2n) is 7.08. The van der Waals surface area contributed by atoms with Gasteiger partial charge in [0.2, 0.25) is 11.8 Å². The lowest BCUT2D eigenvalue weighted by Gasteiger charge is -2.57. The molecule has 1 atom stereocenters. The fourth-order valence-corrected chi connectivity index (χ4v) is 4.27. The van der Waals surface area contributed by atoms with E-state index < -0.39 is 5.54 Å². The number of amides is 2. The van der Waals surface area contributed by atoms with Crippen molar-refractivity contribution in [2.45, 2.75) is 88.8 Å². The van der Waals surface area contributed by atoms with Crippen LogP contribution >= 0.6 is 0 Å². The largest absolute Gasteiger partial charge is 0.340 e. The van der Waals surface area contributed by atoms with Crippen molar-refractivity contribution in [2.75, 3.05) is 0 Å². The molecule has 0 aromatic rings. The van der Waals surface area contributed by atoms with Gasteiger partial charge in [-0.3, -0.25) is 9.59 Å². The molecule has 112 valence electrons.